The number of hydrogen-bond donors (Lipinski definition) is 3. The Bertz CT molecular complexity index is 712. The number of benzene rings is 2. The van der Waals surface area contributed by atoms with Gasteiger partial charge in [-0.25, -0.2) is 14.0 Å². The van der Waals surface area contributed by atoms with Gasteiger partial charge in [0, 0.05) is 11.9 Å². The number of carboxylic acid groups (broad SMARTS) is 1. The summed E-state index contributed by atoms with van der Waals surface area (Å²) in [6.45, 7) is 0. The van der Waals surface area contributed by atoms with Crippen LogP contribution >= 0.6 is 0 Å². The highest BCUT2D eigenvalue weighted by atomic mass is 19.1. The van der Waals surface area contributed by atoms with Crippen molar-refractivity contribution in [3.05, 3.63) is 71.7 Å². The summed E-state index contributed by atoms with van der Waals surface area (Å²) < 4.78 is 12.7. The van der Waals surface area contributed by atoms with Gasteiger partial charge in [-0.1, -0.05) is 18.2 Å². The molecule has 112 valence electrons. The summed E-state index contributed by atoms with van der Waals surface area (Å²) in [4.78, 5) is 22.5. The Morgan fingerprint density at radius 2 is 1.82 bits per heavy atom. The molecule has 0 unspecified atom stereocenters. The van der Waals surface area contributed by atoms with Crippen LogP contribution in [0.1, 0.15) is 15.9 Å². The zero-order valence-corrected chi connectivity index (χ0v) is 11.4. The molecule has 3 N–H and O–H groups in total. The van der Waals surface area contributed by atoms with Gasteiger partial charge in [0.05, 0.1) is 5.56 Å². The molecule has 0 aliphatic rings. The highest BCUT2D eigenvalue weighted by Gasteiger charge is 2.04. The number of nitrogens with one attached hydrogen (secondary N) is 2. The lowest BCUT2D eigenvalue weighted by Crippen LogP contribution is -2.23. The number of anilines is 1. The van der Waals surface area contributed by atoms with Crippen LogP contribution in [0.2, 0.25) is 0 Å². The van der Waals surface area contributed by atoms with Crippen molar-refractivity contribution in [3.63, 3.8) is 0 Å². The quantitative estimate of drug-likeness (QED) is 0.810. The van der Waals surface area contributed by atoms with Gasteiger partial charge in [-0.05, 0) is 42.0 Å². The van der Waals surface area contributed by atoms with Crippen LogP contribution in [0.25, 0.3) is 6.08 Å². The zero-order chi connectivity index (χ0) is 15.9. The largest absolute Gasteiger partial charge is 0.478 e. The van der Waals surface area contributed by atoms with Crippen molar-refractivity contribution >= 4 is 23.8 Å². The lowest BCUT2D eigenvalue weighted by atomic mass is 10.2. The first kappa shape index (κ1) is 15.2. The molecule has 0 aliphatic heterocycles. The molecule has 2 aromatic carbocycles. The van der Waals surface area contributed by atoms with E-state index < -0.39 is 12.0 Å². The van der Waals surface area contributed by atoms with Gasteiger partial charge in [-0.15, -0.1) is 0 Å². The van der Waals surface area contributed by atoms with E-state index >= 15 is 0 Å². The third kappa shape index (κ3) is 4.45. The first-order chi connectivity index (χ1) is 10.5. The lowest BCUT2D eigenvalue weighted by Gasteiger charge is -2.05. The van der Waals surface area contributed by atoms with E-state index in [0.717, 1.165) is 5.56 Å². The molecule has 0 fully saturated rings. The number of carbonyl (C=O) groups is 2. The standard InChI is InChI=1S/C16H13FN2O3/c17-13-6-4-11(5-7-13)8-9-18-16(22)19-14-3-1-2-12(10-14)15(20)21/h1-10H,(H,20,21)(H2,18,19,22)/b9-8+. The molecule has 0 atom stereocenters. The predicted octanol–water partition coefficient (Wildman–Crippen LogP) is 3.32. The third-order valence-electron chi connectivity index (χ3n) is 2.73. The summed E-state index contributed by atoms with van der Waals surface area (Å²) >= 11 is 0. The first-order valence-corrected chi connectivity index (χ1v) is 6.37. The van der Waals surface area contributed by atoms with E-state index in [9.17, 15) is 14.0 Å². The number of aromatic carboxylic acids is 1. The molecule has 0 radical (unpaired) electrons. The van der Waals surface area contributed by atoms with Crippen molar-refractivity contribution < 1.29 is 19.1 Å². The van der Waals surface area contributed by atoms with E-state index in [1.807, 2.05) is 0 Å². The number of carboxylic acids is 1. The summed E-state index contributed by atoms with van der Waals surface area (Å²) in [5.74, 6) is -1.40. The lowest BCUT2D eigenvalue weighted by molar-refractivity contribution is 0.0697. The topological polar surface area (TPSA) is 78.4 Å². The molecule has 0 heterocycles. The van der Waals surface area contributed by atoms with Crippen LogP contribution < -0.4 is 10.6 Å². The summed E-state index contributed by atoms with van der Waals surface area (Å²) in [6, 6.07) is 11.2. The Balaban J connectivity index is 1.91. The van der Waals surface area contributed by atoms with Crippen molar-refractivity contribution in [2.45, 2.75) is 0 Å². The monoisotopic (exact) mass is 300 g/mol. The zero-order valence-electron chi connectivity index (χ0n) is 11.4. The molecular weight excluding hydrogens is 287 g/mol. The van der Waals surface area contributed by atoms with Crippen LogP contribution in [-0.4, -0.2) is 17.1 Å². The van der Waals surface area contributed by atoms with Crippen LogP contribution in [0.3, 0.4) is 0 Å². The Morgan fingerprint density at radius 3 is 2.50 bits per heavy atom. The number of hydrogen-bond acceptors (Lipinski definition) is 2. The molecule has 2 amide bonds. The number of urea groups is 1. The fraction of sp³-hybridized carbons (Fsp3) is 0. The normalized spacial score (nSPS) is 10.4. The summed E-state index contributed by atoms with van der Waals surface area (Å²) in [6.07, 6.45) is 3.01. The molecular formula is C16H13FN2O3. The Morgan fingerprint density at radius 1 is 1.09 bits per heavy atom. The highest BCUT2D eigenvalue weighted by molar-refractivity contribution is 5.93. The van der Waals surface area contributed by atoms with Gasteiger partial charge < -0.3 is 15.7 Å². The molecule has 5 nitrogen and oxygen atoms in total. The van der Waals surface area contributed by atoms with Gasteiger partial charge in [-0.3, -0.25) is 0 Å². The maximum atomic E-state index is 12.7. The van der Waals surface area contributed by atoms with Crippen molar-refractivity contribution in [3.8, 4) is 0 Å². The van der Waals surface area contributed by atoms with Gasteiger partial charge in [0.2, 0.25) is 0 Å². The smallest absolute Gasteiger partial charge is 0.335 e. The average Bonchev–Trinajstić information content (AvgIpc) is 2.49. The minimum Gasteiger partial charge on any atom is -0.478 e. The van der Waals surface area contributed by atoms with Crippen LogP contribution in [-0.2, 0) is 0 Å². The molecule has 6 heteroatoms. The van der Waals surface area contributed by atoms with E-state index in [4.69, 9.17) is 5.11 Å². The molecule has 2 rings (SSSR count). The van der Waals surface area contributed by atoms with Crippen LogP contribution in [0, 0.1) is 5.82 Å². The molecule has 0 saturated heterocycles. The number of halogens is 1. The average molecular weight is 300 g/mol. The van der Waals surface area contributed by atoms with E-state index in [2.05, 4.69) is 10.6 Å². The van der Waals surface area contributed by atoms with Gasteiger partial charge in [-0.2, -0.15) is 0 Å². The molecule has 22 heavy (non-hydrogen) atoms. The Labute approximate surface area is 126 Å². The van der Waals surface area contributed by atoms with E-state index in [-0.39, 0.29) is 11.4 Å². The van der Waals surface area contributed by atoms with Crippen molar-refractivity contribution in [1.29, 1.82) is 0 Å². The number of carbonyl (C=O) groups excluding carboxylic acids is 1. The second kappa shape index (κ2) is 7.03. The minimum atomic E-state index is -1.07. The van der Waals surface area contributed by atoms with Crippen LogP contribution in [0.15, 0.2) is 54.7 Å². The van der Waals surface area contributed by atoms with Crippen molar-refractivity contribution in [2.24, 2.45) is 0 Å². The molecule has 2 aromatic rings. The fourth-order valence-corrected chi connectivity index (χ4v) is 1.68. The van der Waals surface area contributed by atoms with E-state index in [1.54, 1.807) is 24.3 Å². The highest BCUT2D eigenvalue weighted by Crippen LogP contribution is 2.10. The molecule has 0 bridgehead atoms. The molecule has 0 aromatic heterocycles. The van der Waals surface area contributed by atoms with Gasteiger partial charge in [0.1, 0.15) is 5.82 Å². The van der Waals surface area contributed by atoms with Crippen LogP contribution in [0.4, 0.5) is 14.9 Å². The SMILES string of the molecule is O=C(N/C=C/c1ccc(F)cc1)Nc1cccc(C(=O)O)c1. The second-order valence-electron chi connectivity index (χ2n) is 4.37. The molecule has 0 aliphatic carbocycles. The van der Waals surface area contributed by atoms with Crippen LogP contribution in [0.5, 0.6) is 0 Å². The van der Waals surface area contributed by atoms with E-state index in [1.165, 1.54) is 36.5 Å². The Hall–Kier alpha value is -3.15. The maximum absolute atomic E-state index is 12.7. The number of amides is 2. The minimum absolute atomic E-state index is 0.0830. The second-order valence-corrected chi connectivity index (χ2v) is 4.37. The van der Waals surface area contributed by atoms with Gasteiger partial charge >= 0.3 is 12.0 Å². The number of rotatable bonds is 4. The predicted molar refractivity (Wildman–Crippen MR) is 81.0 cm³/mol. The summed E-state index contributed by atoms with van der Waals surface area (Å²) in [5, 5.41) is 13.8. The Kier molecular flexibility index (Phi) is 4.87. The first-order valence-electron chi connectivity index (χ1n) is 6.37. The third-order valence-corrected chi connectivity index (χ3v) is 2.73. The summed E-state index contributed by atoms with van der Waals surface area (Å²) in [7, 11) is 0. The maximum Gasteiger partial charge on any atom is 0.335 e. The summed E-state index contributed by atoms with van der Waals surface area (Å²) in [5.41, 5.74) is 1.18. The van der Waals surface area contributed by atoms with Gasteiger partial charge in [0.25, 0.3) is 0 Å². The fourth-order valence-electron chi connectivity index (χ4n) is 1.68. The van der Waals surface area contributed by atoms with Crippen molar-refractivity contribution in [1.82, 2.24) is 5.32 Å². The van der Waals surface area contributed by atoms with E-state index in [0.29, 0.717) is 5.69 Å². The molecule has 0 saturated carbocycles. The molecule has 0 spiro atoms. The van der Waals surface area contributed by atoms with Gasteiger partial charge in [0.15, 0.2) is 0 Å². The van der Waals surface area contributed by atoms with Crippen molar-refractivity contribution in [2.75, 3.05) is 5.32 Å².